The number of aromatic nitrogens is 1. The first kappa shape index (κ1) is 15.1. The van der Waals surface area contributed by atoms with Crippen LogP contribution in [0.3, 0.4) is 0 Å². The highest BCUT2D eigenvalue weighted by molar-refractivity contribution is 5.77. The van der Waals surface area contributed by atoms with Crippen LogP contribution in [0.4, 0.5) is 0 Å². The van der Waals surface area contributed by atoms with Crippen molar-refractivity contribution in [3.63, 3.8) is 0 Å². The summed E-state index contributed by atoms with van der Waals surface area (Å²) in [5.74, 6) is 1.15. The summed E-state index contributed by atoms with van der Waals surface area (Å²) in [6, 6.07) is 15.2. The molecule has 0 aliphatic carbocycles. The van der Waals surface area contributed by atoms with Gasteiger partial charge < -0.3 is 14.5 Å². The van der Waals surface area contributed by atoms with Gasteiger partial charge in [-0.1, -0.05) is 24.3 Å². The molecule has 5 heteroatoms. The summed E-state index contributed by atoms with van der Waals surface area (Å²) in [4.78, 5) is 16.1. The fraction of sp³-hybridized carbons (Fsp3) is 0.222. The van der Waals surface area contributed by atoms with E-state index in [-0.39, 0.29) is 12.5 Å². The van der Waals surface area contributed by atoms with Crippen molar-refractivity contribution in [1.29, 1.82) is 0 Å². The third-order valence-electron chi connectivity index (χ3n) is 3.36. The smallest absolute Gasteiger partial charge is 0.257 e. The molecule has 0 saturated carbocycles. The van der Waals surface area contributed by atoms with Crippen molar-refractivity contribution in [2.45, 2.75) is 13.3 Å². The highest BCUT2D eigenvalue weighted by Crippen LogP contribution is 2.14. The molecule has 3 aromatic rings. The van der Waals surface area contributed by atoms with Gasteiger partial charge in [0.05, 0.1) is 0 Å². The van der Waals surface area contributed by atoms with E-state index in [9.17, 15) is 4.79 Å². The molecule has 5 nitrogen and oxygen atoms in total. The van der Waals surface area contributed by atoms with Crippen molar-refractivity contribution in [1.82, 2.24) is 10.3 Å². The van der Waals surface area contributed by atoms with Gasteiger partial charge in [0.1, 0.15) is 11.3 Å². The normalized spacial score (nSPS) is 10.7. The van der Waals surface area contributed by atoms with Crippen molar-refractivity contribution in [3.05, 3.63) is 60.0 Å². The first-order valence-corrected chi connectivity index (χ1v) is 7.51. The number of nitrogens with one attached hydrogen (secondary N) is 1. The molecule has 0 spiro atoms. The van der Waals surface area contributed by atoms with E-state index in [2.05, 4.69) is 10.3 Å². The SMILES string of the molecule is Cc1cccc(OCC(=O)NCCc2nc3ccccc3o2)c1. The van der Waals surface area contributed by atoms with Gasteiger partial charge in [-0.25, -0.2) is 4.98 Å². The number of para-hydroxylation sites is 2. The van der Waals surface area contributed by atoms with Crippen molar-refractivity contribution < 1.29 is 13.9 Å². The van der Waals surface area contributed by atoms with E-state index in [1.807, 2.05) is 55.5 Å². The summed E-state index contributed by atoms with van der Waals surface area (Å²) in [5, 5.41) is 2.80. The van der Waals surface area contributed by atoms with E-state index < -0.39 is 0 Å². The number of amides is 1. The Morgan fingerprint density at radius 3 is 2.91 bits per heavy atom. The lowest BCUT2D eigenvalue weighted by atomic mass is 10.2. The molecule has 118 valence electrons. The fourth-order valence-corrected chi connectivity index (χ4v) is 2.24. The fourth-order valence-electron chi connectivity index (χ4n) is 2.24. The third kappa shape index (κ3) is 4.10. The summed E-state index contributed by atoms with van der Waals surface area (Å²) in [5.41, 5.74) is 2.69. The number of rotatable bonds is 6. The zero-order chi connectivity index (χ0) is 16.1. The van der Waals surface area contributed by atoms with Gasteiger partial charge >= 0.3 is 0 Å². The molecule has 2 aromatic carbocycles. The van der Waals surface area contributed by atoms with Crippen molar-refractivity contribution in [3.8, 4) is 5.75 Å². The zero-order valence-corrected chi connectivity index (χ0v) is 12.9. The second-order valence-corrected chi connectivity index (χ2v) is 5.28. The van der Waals surface area contributed by atoms with Gasteiger partial charge in [0.25, 0.3) is 5.91 Å². The number of ether oxygens (including phenoxy) is 1. The first-order valence-electron chi connectivity index (χ1n) is 7.51. The number of oxazole rings is 1. The lowest BCUT2D eigenvalue weighted by Gasteiger charge is -2.07. The maximum atomic E-state index is 11.8. The monoisotopic (exact) mass is 310 g/mol. The number of aryl methyl sites for hydroxylation is 1. The minimum atomic E-state index is -0.164. The van der Waals surface area contributed by atoms with Crippen LogP contribution in [-0.2, 0) is 11.2 Å². The molecule has 1 heterocycles. The maximum Gasteiger partial charge on any atom is 0.257 e. The number of hydrogen-bond acceptors (Lipinski definition) is 4. The predicted molar refractivity (Wildman–Crippen MR) is 87.4 cm³/mol. The van der Waals surface area contributed by atoms with Gasteiger partial charge in [0.2, 0.25) is 0 Å². The predicted octanol–water partition coefficient (Wildman–Crippen LogP) is 2.87. The Balaban J connectivity index is 1.44. The Labute approximate surface area is 134 Å². The second-order valence-electron chi connectivity index (χ2n) is 5.28. The van der Waals surface area contributed by atoms with Crippen LogP contribution in [0.25, 0.3) is 11.1 Å². The Morgan fingerprint density at radius 2 is 2.09 bits per heavy atom. The van der Waals surface area contributed by atoms with Gasteiger partial charge in [-0.15, -0.1) is 0 Å². The molecule has 0 unspecified atom stereocenters. The lowest BCUT2D eigenvalue weighted by molar-refractivity contribution is -0.123. The molecule has 0 aliphatic heterocycles. The maximum absolute atomic E-state index is 11.8. The minimum Gasteiger partial charge on any atom is -0.484 e. The van der Waals surface area contributed by atoms with E-state index in [0.717, 1.165) is 16.7 Å². The van der Waals surface area contributed by atoms with Crippen LogP contribution >= 0.6 is 0 Å². The summed E-state index contributed by atoms with van der Waals surface area (Å²) < 4.78 is 11.0. The van der Waals surface area contributed by atoms with E-state index in [4.69, 9.17) is 9.15 Å². The summed E-state index contributed by atoms with van der Waals surface area (Å²) in [7, 11) is 0. The van der Waals surface area contributed by atoms with Gasteiger partial charge in [-0.2, -0.15) is 0 Å². The molecule has 0 radical (unpaired) electrons. The molecule has 0 saturated heterocycles. The largest absolute Gasteiger partial charge is 0.484 e. The van der Waals surface area contributed by atoms with E-state index in [0.29, 0.717) is 24.6 Å². The van der Waals surface area contributed by atoms with Gasteiger partial charge in [-0.05, 0) is 36.8 Å². The van der Waals surface area contributed by atoms with Crippen molar-refractivity contribution in [2.75, 3.05) is 13.2 Å². The molecule has 0 bridgehead atoms. The van der Waals surface area contributed by atoms with Gasteiger partial charge in [0.15, 0.2) is 18.1 Å². The number of fused-ring (bicyclic) bond motifs is 1. The molecule has 0 aliphatic rings. The molecular weight excluding hydrogens is 292 g/mol. The van der Waals surface area contributed by atoms with Crippen LogP contribution in [0.1, 0.15) is 11.5 Å². The molecule has 1 amide bonds. The molecule has 3 rings (SSSR count). The van der Waals surface area contributed by atoms with Crippen LogP contribution in [0, 0.1) is 6.92 Å². The molecule has 23 heavy (non-hydrogen) atoms. The van der Waals surface area contributed by atoms with Crippen LogP contribution in [0.5, 0.6) is 5.75 Å². The van der Waals surface area contributed by atoms with E-state index in [1.165, 1.54) is 0 Å². The quantitative estimate of drug-likeness (QED) is 0.760. The molecule has 0 fully saturated rings. The lowest BCUT2D eigenvalue weighted by Crippen LogP contribution is -2.30. The van der Waals surface area contributed by atoms with Gasteiger partial charge in [0, 0.05) is 13.0 Å². The minimum absolute atomic E-state index is 0.00296. The first-order chi connectivity index (χ1) is 11.2. The second kappa shape index (κ2) is 6.96. The Kier molecular flexibility index (Phi) is 4.57. The van der Waals surface area contributed by atoms with E-state index >= 15 is 0 Å². The summed E-state index contributed by atoms with van der Waals surface area (Å²) in [6.07, 6.45) is 0.546. The Bertz CT molecular complexity index is 778. The number of carbonyl (C=O) groups is 1. The van der Waals surface area contributed by atoms with Crippen LogP contribution < -0.4 is 10.1 Å². The Hall–Kier alpha value is -2.82. The molecule has 1 aromatic heterocycles. The number of hydrogen-bond donors (Lipinski definition) is 1. The summed E-state index contributed by atoms with van der Waals surface area (Å²) >= 11 is 0. The van der Waals surface area contributed by atoms with Crippen molar-refractivity contribution in [2.24, 2.45) is 0 Å². The average Bonchev–Trinajstić information content (AvgIpc) is 2.96. The summed E-state index contributed by atoms with van der Waals surface area (Å²) in [6.45, 7) is 2.44. The topological polar surface area (TPSA) is 64.4 Å². The van der Waals surface area contributed by atoms with Crippen LogP contribution in [-0.4, -0.2) is 24.0 Å². The number of benzene rings is 2. The third-order valence-corrected chi connectivity index (χ3v) is 3.36. The number of nitrogens with zero attached hydrogens (tertiary/aromatic N) is 1. The average molecular weight is 310 g/mol. The van der Waals surface area contributed by atoms with Crippen LogP contribution in [0.2, 0.25) is 0 Å². The number of carbonyl (C=O) groups excluding carboxylic acids is 1. The molecular formula is C18H18N2O3. The van der Waals surface area contributed by atoms with Crippen LogP contribution in [0.15, 0.2) is 52.9 Å². The molecule has 0 atom stereocenters. The zero-order valence-electron chi connectivity index (χ0n) is 12.9. The standard InChI is InChI=1S/C18H18N2O3/c1-13-5-4-6-14(11-13)22-12-17(21)19-10-9-18-20-15-7-2-3-8-16(15)23-18/h2-8,11H,9-10,12H2,1H3,(H,19,21). The molecule has 1 N–H and O–H groups in total. The van der Waals surface area contributed by atoms with Gasteiger partial charge in [-0.3, -0.25) is 4.79 Å². The van der Waals surface area contributed by atoms with Crippen molar-refractivity contribution >= 4 is 17.0 Å². The van der Waals surface area contributed by atoms with E-state index in [1.54, 1.807) is 0 Å². The Morgan fingerprint density at radius 1 is 1.22 bits per heavy atom. The highest BCUT2D eigenvalue weighted by atomic mass is 16.5. The highest BCUT2D eigenvalue weighted by Gasteiger charge is 2.06.